The summed E-state index contributed by atoms with van der Waals surface area (Å²) in [7, 11) is 1.59. The zero-order chi connectivity index (χ0) is 19.6. The van der Waals surface area contributed by atoms with E-state index in [9.17, 15) is 8.78 Å². The van der Waals surface area contributed by atoms with Gasteiger partial charge in [-0.25, -0.2) is 8.78 Å². The van der Waals surface area contributed by atoms with Crippen molar-refractivity contribution < 1.29 is 18.3 Å². The molecule has 0 bridgehead atoms. The van der Waals surface area contributed by atoms with E-state index in [2.05, 4.69) is 11.9 Å². The van der Waals surface area contributed by atoms with Gasteiger partial charge in [0.2, 0.25) is 0 Å². The van der Waals surface area contributed by atoms with Gasteiger partial charge < -0.3 is 15.2 Å². The molecule has 2 N–H and O–H groups in total. The molecule has 0 aliphatic rings. The van der Waals surface area contributed by atoms with Gasteiger partial charge in [-0.3, -0.25) is 4.99 Å². The molecule has 0 spiro atoms. The first-order valence-electron chi connectivity index (χ1n) is 8.81. The molecule has 2 aromatic carbocycles. The number of allylic oxidation sites excluding steroid dienone is 1. The Bertz CT molecular complexity index is 820. The van der Waals surface area contributed by atoms with Crippen LogP contribution in [-0.2, 0) is 0 Å². The average Bonchev–Trinajstić information content (AvgIpc) is 2.66. The van der Waals surface area contributed by atoms with Gasteiger partial charge in [0.15, 0.2) is 23.1 Å². The smallest absolute Gasteiger partial charge is 0.168 e. The quantitative estimate of drug-likeness (QED) is 0.356. The molecule has 2 aromatic rings. The normalized spacial score (nSPS) is 11.4. The number of benzene rings is 2. The van der Waals surface area contributed by atoms with E-state index in [0.29, 0.717) is 18.1 Å². The number of anilines is 1. The van der Waals surface area contributed by atoms with Gasteiger partial charge in [0.05, 0.1) is 25.1 Å². The average molecular weight is 374 g/mol. The van der Waals surface area contributed by atoms with E-state index in [1.54, 1.807) is 19.3 Å². The number of nitrogen functional groups attached to an aromatic ring is 1. The standard InChI is InChI=1S/C21H24F2N2O2/c1-3-4-5-12-27-21-15(8-6-10-20(21)26-2)9-7-11-25-19-14-17(23)16(22)13-18(19)24/h6-11,13-14H,3-5,12,24H2,1-2H3. The third-order valence-electron chi connectivity index (χ3n) is 3.87. The second-order valence-electron chi connectivity index (χ2n) is 5.90. The number of hydrogen-bond acceptors (Lipinski definition) is 4. The van der Waals surface area contributed by atoms with Crippen LogP contribution in [0.1, 0.15) is 31.7 Å². The highest BCUT2D eigenvalue weighted by atomic mass is 19.2. The molecule has 0 saturated heterocycles. The lowest BCUT2D eigenvalue weighted by Gasteiger charge is -2.13. The van der Waals surface area contributed by atoms with E-state index in [4.69, 9.17) is 15.2 Å². The third kappa shape index (κ3) is 5.81. The van der Waals surface area contributed by atoms with Crippen LogP contribution in [0.5, 0.6) is 11.5 Å². The summed E-state index contributed by atoms with van der Waals surface area (Å²) in [6.45, 7) is 2.74. The molecule has 27 heavy (non-hydrogen) atoms. The first-order valence-corrected chi connectivity index (χ1v) is 8.81. The molecule has 0 heterocycles. The van der Waals surface area contributed by atoms with Gasteiger partial charge >= 0.3 is 0 Å². The molecule has 0 saturated carbocycles. The van der Waals surface area contributed by atoms with Crippen LogP contribution in [0.4, 0.5) is 20.2 Å². The van der Waals surface area contributed by atoms with Crippen molar-refractivity contribution >= 4 is 23.7 Å². The monoisotopic (exact) mass is 374 g/mol. The Kier molecular flexibility index (Phi) is 7.79. The minimum absolute atomic E-state index is 0.0693. The van der Waals surface area contributed by atoms with Crippen LogP contribution in [-0.4, -0.2) is 19.9 Å². The SMILES string of the molecule is CCCCCOc1c(C=CC=Nc2cc(F)c(F)cc2N)cccc1OC. The molecule has 0 aromatic heterocycles. The fraction of sp³-hybridized carbons (Fsp3) is 0.286. The molecule has 144 valence electrons. The van der Waals surface area contributed by atoms with Crippen molar-refractivity contribution in [2.45, 2.75) is 26.2 Å². The van der Waals surface area contributed by atoms with Crippen molar-refractivity contribution in [3.05, 3.63) is 53.6 Å². The van der Waals surface area contributed by atoms with Crippen molar-refractivity contribution in [1.29, 1.82) is 0 Å². The van der Waals surface area contributed by atoms with Crippen LogP contribution in [0.25, 0.3) is 6.08 Å². The molecule has 6 heteroatoms. The van der Waals surface area contributed by atoms with Crippen molar-refractivity contribution in [2.75, 3.05) is 19.5 Å². The zero-order valence-corrected chi connectivity index (χ0v) is 15.5. The summed E-state index contributed by atoms with van der Waals surface area (Å²) in [5, 5.41) is 0. The largest absolute Gasteiger partial charge is 0.493 e. The highest BCUT2D eigenvalue weighted by Gasteiger charge is 2.08. The van der Waals surface area contributed by atoms with E-state index < -0.39 is 11.6 Å². The Morgan fingerprint density at radius 3 is 2.67 bits per heavy atom. The molecule has 0 unspecified atom stereocenters. The summed E-state index contributed by atoms with van der Waals surface area (Å²) in [6, 6.07) is 7.47. The second kappa shape index (κ2) is 10.3. The van der Waals surface area contributed by atoms with Crippen molar-refractivity contribution in [3.8, 4) is 11.5 Å². The molecule has 0 aliphatic carbocycles. The molecule has 0 atom stereocenters. The lowest BCUT2D eigenvalue weighted by molar-refractivity contribution is 0.285. The first kappa shape index (κ1) is 20.4. The number of halogens is 2. The fourth-order valence-electron chi connectivity index (χ4n) is 2.44. The summed E-state index contributed by atoms with van der Waals surface area (Å²) < 4.78 is 37.6. The highest BCUT2D eigenvalue weighted by molar-refractivity contribution is 5.83. The van der Waals surface area contributed by atoms with E-state index in [1.165, 1.54) is 6.21 Å². The van der Waals surface area contributed by atoms with Gasteiger partial charge in [-0.2, -0.15) is 0 Å². The maximum atomic E-state index is 13.3. The molecule has 0 radical (unpaired) electrons. The van der Waals surface area contributed by atoms with Crippen LogP contribution in [0.3, 0.4) is 0 Å². The summed E-state index contributed by atoms with van der Waals surface area (Å²) in [5.41, 5.74) is 6.71. The summed E-state index contributed by atoms with van der Waals surface area (Å²) in [6.07, 6.45) is 8.12. The summed E-state index contributed by atoms with van der Waals surface area (Å²) in [4.78, 5) is 4.07. The van der Waals surface area contributed by atoms with Crippen LogP contribution in [0, 0.1) is 11.6 Å². The maximum Gasteiger partial charge on any atom is 0.168 e. The van der Waals surface area contributed by atoms with Crippen molar-refractivity contribution in [2.24, 2.45) is 4.99 Å². The Hall–Kier alpha value is -2.89. The number of ether oxygens (including phenoxy) is 2. The Balaban J connectivity index is 2.15. The molecule has 0 amide bonds. The Morgan fingerprint density at radius 2 is 1.93 bits per heavy atom. The molecule has 0 fully saturated rings. The third-order valence-corrected chi connectivity index (χ3v) is 3.87. The molecular formula is C21H24F2N2O2. The van der Waals surface area contributed by atoms with Gasteiger partial charge in [-0.15, -0.1) is 0 Å². The Labute approximate surface area is 158 Å². The van der Waals surface area contributed by atoms with Crippen LogP contribution < -0.4 is 15.2 Å². The molecule has 2 rings (SSSR count). The molecular weight excluding hydrogens is 350 g/mol. The number of hydrogen-bond donors (Lipinski definition) is 1. The summed E-state index contributed by atoms with van der Waals surface area (Å²) in [5.74, 6) is -0.678. The predicted octanol–water partition coefficient (Wildman–Crippen LogP) is 5.54. The number of unbranched alkanes of at least 4 members (excludes halogenated alkanes) is 2. The maximum absolute atomic E-state index is 13.3. The number of methoxy groups -OCH3 is 1. The lowest BCUT2D eigenvalue weighted by atomic mass is 10.1. The van der Waals surface area contributed by atoms with Gasteiger partial charge in [-0.1, -0.05) is 31.9 Å². The minimum atomic E-state index is -0.997. The van der Waals surface area contributed by atoms with Crippen molar-refractivity contribution in [3.63, 3.8) is 0 Å². The van der Waals surface area contributed by atoms with E-state index in [0.717, 1.165) is 37.0 Å². The Morgan fingerprint density at radius 1 is 1.15 bits per heavy atom. The number of rotatable bonds is 9. The minimum Gasteiger partial charge on any atom is -0.493 e. The fourth-order valence-corrected chi connectivity index (χ4v) is 2.44. The predicted molar refractivity (Wildman–Crippen MR) is 106 cm³/mol. The van der Waals surface area contributed by atoms with Gasteiger partial charge in [-0.05, 0) is 24.6 Å². The van der Waals surface area contributed by atoms with Crippen LogP contribution >= 0.6 is 0 Å². The van der Waals surface area contributed by atoms with E-state index in [1.807, 2.05) is 18.2 Å². The molecule has 4 nitrogen and oxygen atoms in total. The van der Waals surface area contributed by atoms with Crippen LogP contribution in [0.2, 0.25) is 0 Å². The summed E-state index contributed by atoms with van der Waals surface area (Å²) >= 11 is 0. The highest BCUT2D eigenvalue weighted by Crippen LogP contribution is 2.32. The van der Waals surface area contributed by atoms with Crippen molar-refractivity contribution in [1.82, 2.24) is 0 Å². The van der Waals surface area contributed by atoms with E-state index in [-0.39, 0.29) is 11.4 Å². The van der Waals surface area contributed by atoms with E-state index >= 15 is 0 Å². The van der Waals surface area contributed by atoms with Crippen LogP contribution in [0.15, 0.2) is 41.4 Å². The first-order chi connectivity index (χ1) is 13.1. The van der Waals surface area contributed by atoms with Gasteiger partial charge in [0.25, 0.3) is 0 Å². The van der Waals surface area contributed by atoms with Gasteiger partial charge in [0.1, 0.15) is 0 Å². The molecule has 0 aliphatic heterocycles. The number of nitrogens with zero attached hydrogens (tertiary/aromatic N) is 1. The number of nitrogens with two attached hydrogens (primary N) is 1. The number of aliphatic imine (C=N–C) groups is 1. The topological polar surface area (TPSA) is 56.8 Å². The number of para-hydroxylation sites is 1. The second-order valence-corrected chi connectivity index (χ2v) is 5.90. The lowest BCUT2D eigenvalue weighted by Crippen LogP contribution is -2.01. The van der Waals surface area contributed by atoms with Gasteiger partial charge in [0, 0.05) is 23.9 Å². The zero-order valence-electron chi connectivity index (χ0n) is 15.5.